The van der Waals surface area contributed by atoms with E-state index in [0.717, 1.165) is 22.4 Å². The van der Waals surface area contributed by atoms with E-state index in [1.165, 1.54) is 0 Å². The van der Waals surface area contributed by atoms with Crippen LogP contribution in [0.4, 0.5) is 0 Å². The normalized spacial score (nSPS) is 15.0. The first-order valence-corrected chi connectivity index (χ1v) is 9.36. The Balaban J connectivity index is 1.64. The molecule has 0 radical (unpaired) electrons. The van der Waals surface area contributed by atoms with Gasteiger partial charge in [-0.3, -0.25) is 4.79 Å². The van der Waals surface area contributed by atoms with Crippen LogP contribution in [0.1, 0.15) is 36.6 Å². The molecule has 5 nitrogen and oxygen atoms in total. The molecule has 0 fully saturated rings. The van der Waals surface area contributed by atoms with E-state index in [1.807, 2.05) is 51.1 Å². The number of fused-ring (bicyclic) bond motifs is 1. The van der Waals surface area contributed by atoms with Crippen LogP contribution in [-0.4, -0.2) is 25.2 Å². The molecule has 0 unspecified atom stereocenters. The first kappa shape index (κ1) is 19.4. The van der Waals surface area contributed by atoms with Crippen LogP contribution >= 0.6 is 11.6 Å². The average molecular weight is 390 g/mol. The summed E-state index contributed by atoms with van der Waals surface area (Å²) in [7, 11) is 0. The van der Waals surface area contributed by atoms with Crippen molar-refractivity contribution in [3.05, 3.63) is 52.0 Å². The van der Waals surface area contributed by atoms with Gasteiger partial charge >= 0.3 is 0 Å². The van der Waals surface area contributed by atoms with Crippen molar-refractivity contribution in [2.45, 2.75) is 39.8 Å². The lowest BCUT2D eigenvalue weighted by atomic mass is 10.1. The van der Waals surface area contributed by atoms with Crippen LogP contribution in [0.3, 0.4) is 0 Å². The fourth-order valence-corrected chi connectivity index (χ4v) is 3.08. The number of benzene rings is 2. The molecule has 0 saturated carbocycles. The van der Waals surface area contributed by atoms with E-state index < -0.39 is 6.10 Å². The number of rotatable bonds is 5. The van der Waals surface area contributed by atoms with Crippen molar-refractivity contribution in [1.82, 2.24) is 5.32 Å². The molecular weight excluding hydrogens is 366 g/mol. The molecule has 3 rings (SSSR count). The third kappa shape index (κ3) is 4.48. The van der Waals surface area contributed by atoms with Crippen LogP contribution in [0.5, 0.6) is 17.2 Å². The van der Waals surface area contributed by atoms with Gasteiger partial charge in [0.05, 0.1) is 6.04 Å². The van der Waals surface area contributed by atoms with Crippen molar-refractivity contribution >= 4 is 17.5 Å². The second-order valence-corrected chi connectivity index (χ2v) is 7.14. The predicted octanol–water partition coefficient (Wildman–Crippen LogP) is 4.37. The van der Waals surface area contributed by atoms with Crippen molar-refractivity contribution in [3.8, 4) is 17.2 Å². The van der Waals surface area contributed by atoms with E-state index in [9.17, 15) is 4.79 Å². The SMILES string of the molecule is Cc1cc(O[C@H](C)C(=O)N[C@@H](C)c2ccc3c(c2)OCCO3)cc(C)c1Cl. The van der Waals surface area contributed by atoms with Gasteiger partial charge in [0.1, 0.15) is 19.0 Å². The third-order valence-corrected chi connectivity index (χ3v) is 5.11. The number of hydrogen-bond donors (Lipinski definition) is 1. The Labute approximate surface area is 164 Å². The zero-order valence-corrected chi connectivity index (χ0v) is 16.7. The van der Waals surface area contributed by atoms with Gasteiger partial charge in [0, 0.05) is 5.02 Å². The van der Waals surface area contributed by atoms with E-state index in [0.29, 0.717) is 29.7 Å². The number of nitrogens with one attached hydrogen (secondary N) is 1. The van der Waals surface area contributed by atoms with Crippen molar-refractivity contribution in [2.75, 3.05) is 13.2 Å². The number of carbonyl (C=O) groups excluding carboxylic acids is 1. The summed E-state index contributed by atoms with van der Waals surface area (Å²) in [5, 5.41) is 3.69. The first-order chi connectivity index (χ1) is 12.8. The fraction of sp³-hybridized carbons (Fsp3) is 0.381. The Morgan fingerprint density at radius 3 is 2.37 bits per heavy atom. The average Bonchev–Trinajstić information content (AvgIpc) is 2.65. The highest BCUT2D eigenvalue weighted by Crippen LogP contribution is 2.32. The van der Waals surface area contributed by atoms with Crippen LogP contribution in [0.2, 0.25) is 5.02 Å². The minimum Gasteiger partial charge on any atom is -0.486 e. The molecule has 0 aromatic heterocycles. The van der Waals surface area contributed by atoms with Gasteiger partial charge in [0.15, 0.2) is 17.6 Å². The highest BCUT2D eigenvalue weighted by molar-refractivity contribution is 6.32. The summed E-state index contributed by atoms with van der Waals surface area (Å²) in [4.78, 5) is 12.5. The number of ether oxygens (including phenoxy) is 3. The molecule has 1 aliphatic heterocycles. The Kier molecular flexibility index (Phi) is 5.80. The molecule has 0 saturated heterocycles. The van der Waals surface area contributed by atoms with Gasteiger partial charge in [0.25, 0.3) is 5.91 Å². The standard InChI is InChI=1S/C21H24ClNO4/c1-12-9-17(10-13(2)20(12)22)27-15(4)21(24)23-14(3)16-5-6-18-19(11-16)26-8-7-25-18/h5-6,9-11,14-15H,7-8H2,1-4H3,(H,23,24)/t14-,15+/m0/s1. The van der Waals surface area contributed by atoms with Crippen LogP contribution in [0.25, 0.3) is 0 Å². The molecule has 1 heterocycles. The Hall–Kier alpha value is -2.40. The molecule has 0 aliphatic carbocycles. The van der Waals surface area contributed by atoms with Crippen LogP contribution in [0.15, 0.2) is 30.3 Å². The van der Waals surface area contributed by atoms with E-state index in [1.54, 1.807) is 6.92 Å². The van der Waals surface area contributed by atoms with Gasteiger partial charge in [0.2, 0.25) is 0 Å². The van der Waals surface area contributed by atoms with E-state index >= 15 is 0 Å². The van der Waals surface area contributed by atoms with Gasteiger partial charge < -0.3 is 19.5 Å². The maximum absolute atomic E-state index is 12.5. The van der Waals surface area contributed by atoms with E-state index in [2.05, 4.69) is 5.32 Å². The number of amides is 1. The van der Waals surface area contributed by atoms with Gasteiger partial charge in [-0.05, 0) is 68.7 Å². The zero-order chi connectivity index (χ0) is 19.6. The molecular formula is C21H24ClNO4. The highest BCUT2D eigenvalue weighted by Gasteiger charge is 2.20. The Bertz CT molecular complexity index is 829. The second-order valence-electron chi connectivity index (χ2n) is 6.76. The van der Waals surface area contributed by atoms with E-state index in [-0.39, 0.29) is 11.9 Å². The lowest BCUT2D eigenvalue weighted by molar-refractivity contribution is -0.127. The molecule has 1 aliphatic rings. The topological polar surface area (TPSA) is 56.8 Å². The monoisotopic (exact) mass is 389 g/mol. The quantitative estimate of drug-likeness (QED) is 0.824. The minimum absolute atomic E-state index is 0.187. The summed E-state index contributed by atoms with van der Waals surface area (Å²) in [6.45, 7) is 8.56. The second kappa shape index (κ2) is 8.09. The lowest BCUT2D eigenvalue weighted by Gasteiger charge is -2.22. The maximum Gasteiger partial charge on any atom is 0.261 e. The molecule has 144 valence electrons. The summed E-state index contributed by atoms with van der Waals surface area (Å²) < 4.78 is 16.9. The predicted molar refractivity (Wildman–Crippen MR) is 105 cm³/mol. The summed E-state index contributed by atoms with van der Waals surface area (Å²) in [6.07, 6.45) is -0.635. The van der Waals surface area contributed by atoms with Crippen LogP contribution < -0.4 is 19.5 Å². The number of aryl methyl sites for hydroxylation is 2. The highest BCUT2D eigenvalue weighted by atomic mass is 35.5. The fourth-order valence-electron chi connectivity index (χ4n) is 2.98. The summed E-state index contributed by atoms with van der Waals surface area (Å²) in [6, 6.07) is 9.18. The number of halogens is 1. The van der Waals surface area contributed by atoms with Gasteiger partial charge in [-0.25, -0.2) is 0 Å². The van der Waals surface area contributed by atoms with E-state index in [4.69, 9.17) is 25.8 Å². The first-order valence-electron chi connectivity index (χ1n) is 8.98. The lowest BCUT2D eigenvalue weighted by Crippen LogP contribution is -2.37. The Morgan fingerprint density at radius 2 is 1.70 bits per heavy atom. The summed E-state index contributed by atoms with van der Waals surface area (Å²) in [5.41, 5.74) is 2.78. The molecule has 0 bridgehead atoms. The molecule has 1 amide bonds. The molecule has 1 N–H and O–H groups in total. The third-order valence-electron chi connectivity index (χ3n) is 4.52. The zero-order valence-electron chi connectivity index (χ0n) is 16.0. The maximum atomic E-state index is 12.5. The number of hydrogen-bond acceptors (Lipinski definition) is 4. The van der Waals surface area contributed by atoms with Gasteiger partial charge in [-0.15, -0.1) is 0 Å². The smallest absolute Gasteiger partial charge is 0.261 e. The molecule has 27 heavy (non-hydrogen) atoms. The summed E-state index contributed by atoms with van der Waals surface area (Å²) >= 11 is 6.18. The molecule has 6 heteroatoms. The van der Waals surface area contributed by atoms with Crippen LogP contribution in [0, 0.1) is 13.8 Å². The molecule has 2 aromatic rings. The summed E-state index contributed by atoms with van der Waals surface area (Å²) in [5.74, 6) is 1.87. The number of carbonyl (C=O) groups is 1. The molecule has 2 atom stereocenters. The largest absolute Gasteiger partial charge is 0.486 e. The molecule has 0 spiro atoms. The Morgan fingerprint density at radius 1 is 1.07 bits per heavy atom. The molecule has 2 aromatic carbocycles. The van der Waals surface area contributed by atoms with Crippen molar-refractivity contribution in [1.29, 1.82) is 0 Å². The van der Waals surface area contributed by atoms with Crippen LogP contribution in [-0.2, 0) is 4.79 Å². The van der Waals surface area contributed by atoms with Gasteiger partial charge in [-0.2, -0.15) is 0 Å². The minimum atomic E-state index is -0.635. The van der Waals surface area contributed by atoms with Gasteiger partial charge in [-0.1, -0.05) is 17.7 Å². The van der Waals surface area contributed by atoms with Crippen molar-refractivity contribution < 1.29 is 19.0 Å². The van der Waals surface area contributed by atoms with Crippen molar-refractivity contribution in [2.24, 2.45) is 0 Å². The van der Waals surface area contributed by atoms with Crippen molar-refractivity contribution in [3.63, 3.8) is 0 Å².